The standard InChI is InChI=1S/C24H21Cl2N3O/c1-2-30-23-10-6-3-7-17(23)22-14-20(16-12-11-15(25)13-18(16)26)28-24-27-19-8-4-5-9-21(19)29(22)24/h3-13,20,22H,2,14H2,1H3,(H,27,28)/t20-,22+/m1/s1. The summed E-state index contributed by atoms with van der Waals surface area (Å²) in [4.78, 5) is 4.87. The number of hydrogen-bond acceptors (Lipinski definition) is 3. The van der Waals surface area contributed by atoms with E-state index in [1.54, 1.807) is 6.07 Å². The van der Waals surface area contributed by atoms with Gasteiger partial charge in [-0.15, -0.1) is 0 Å². The van der Waals surface area contributed by atoms with Crippen molar-refractivity contribution in [3.8, 4) is 5.75 Å². The smallest absolute Gasteiger partial charge is 0.204 e. The number of ether oxygens (including phenoxy) is 1. The maximum Gasteiger partial charge on any atom is 0.204 e. The third-order valence-electron chi connectivity index (χ3n) is 5.59. The van der Waals surface area contributed by atoms with Crippen molar-refractivity contribution in [2.24, 2.45) is 0 Å². The molecule has 2 atom stereocenters. The molecule has 0 bridgehead atoms. The van der Waals surface area contributed by atoms with Crippen LogP contribution < -0.4 is 10.1 Å². The molecule has 0 radical (unpaired) electrons. The summed E-state index contributed by atoms with van der Waals surface area (Å²) in [5, 5.41) is 4.88. The van der Waals surface area contributed by atoms with Gasteiger partial charge in [-0.2, -0.15) is 0 Å². The molecule has 30 heavy (non-hydrogen) atoms. The van der Waals surface area contributed by atoms with Crippen LogP contribution in [-0.2, 0) is 0 Å². The monoisotopic (exact) mass is 437 g/mol. The van der Waals surface area contributed by atoms with Gasteiger partial charge in [0.2, 0.25) is 5.95 Å². The molecule has 0 unspecified atom stereocenters. The Morgan fingerprint density at radius 1 is 1.03 bits per heavy atom. The number of anilines is 1. The van der Waals surface area contributed by atoms with E-state index in [1.165, 1.54) is 0 Å². The minimum absolute atomic E-state index is 0.00115. The van der Waals surface area contributed by atoms with Gasteiger partial charge in [0.25, 0.3) is 0 Å². The van der Waals surface area contributed by atoms with Gasteiger partial charge in [0.1, 0.15) is 5.75 Å². The molecule has 5 rings (SSSR count). The van der Waals surface area contributed by atoms with Crippen LogP contribution >= 0.6 is 23.2 Å². The molecule has 1 aliphatic rings. The van der Waals surface area contributed by atoms with E-state index in [0.29, 0.717) is 16.7 Å². The van der Waals surface area contributed by atoms with Crippen molar-refractivity contribution < 1.29 is 4.74 Å². The van der Waals surface area contributed by atoms with Crippen molar-refractivity contribution in [1.29, 1.82) is 0 Å². The van der Waals surface area contributed by atoms with E-state index >= 15 is 0 Å². The first kappa shape index (κ1) is 19.3. The Balaban J connectivity index is 1.68. The van der Waals surface area contributed by atoms with Crippen LogP contribution in [-0.4, -0.2) is 16.2 Å². The molecule has 1 aromatic heterocycles. The van der Waals surface area contributed by atoms with Crippen LogP contribution in [0, 0.1) is 0 Å². The number of nitrogens with zero attached hydrogens (tertiary/aromatic N) is 2. The lowest BCUT2D eigenvalue weighted by atomic mass is 9.92. The molecule has 4 aromatic rings. The highest BCUT2D eigenvalue weighted by molar-refractivity contribution is 6.35. The lowest BCUT2D eigenvalue weighted by Gasteiger charge is -2.34. The molecule has 0 saturated carbocycles. The number of para-hydroxylation sites is 3. The molecule has 3 aromatic carbocycles. The Labute approximate surface area is 185 Å². The summed E-state index contributed by atoms with van der Waals surface area (Å²) >= 11 is 12.7. The third kappa shape index (κ3) is 3.30. The van der Waals surface area contributed by atoms with E-state index in [9.17, 15) is 0 Å². The number of hydrogen-bond donors (Lipinski definition) is 1. The van der Waals surface area contributed by atoms with E-state index in [-0.39, 0.29) is 12.1 Å². The number of imidazole rings is 1. The molecule has 0 amide bonds. The zero-order chi connectivity index (χ0) is 20.7. The normalized spacial score (nSPS) is 18.1. The van der Waals surface area contributed by atoms with Gasteiger partial charge in [0.15, 0.2) is 0 Å². The fourth-order valence-corrected chi connectivity index (χ4v) is 4.84. The van der Waals surface area contributed by atoms with Gasteiger partial charge < -0.3 is 14.6 Å². The summed E-state index contributed by atoms with van der Waals surface area (Å²) < 4.78 is 8.25. The minimum Gasteiger partial charge on any atom is -0.494 e. The Bertz CT molecular complexity index is 1220. The fraction of sp³-hybridized carbons (Fsp3) is 0.208. The number of fused-ring (bicyclic) bond motifs is 3. The van der Waals surface area contributed by atoms with Gasteiger partial charge in [0.05, 0.1) is 29.7 Å². The molecule has 2 heterocycles. The molecule has 0 aliphatic carbocycles. The Hall–Kier alpha value is -2.69. The molecule has 1 N–H and O–H groups in total. The number of benzene rings is 3. The van der Waals surface area contributed by atoms with Crippen LogP contribution in [0.25, 0.3) is 11.0 Å². The SMILES string of the molecule is CCOc1ccccc1[C@@H]1C[C@H](c2ccc(Cl)cc2Cl)Nc2nc3ccccc3n21. The molecule has 0 spiro atoms. The molecule has 0 fully saturated rings. The van der Waals surface area contributed by atoms with Gasteiger partial charge in [0, 0.05) is 15.6 Å². The van der Waals surface area contributed by atoms with Crippen LogP contribution in [0.5, 0.6) is 5.75 Å². The van der Waals surface area contributed by atoms with Crippen LogP contribution in [0.4, 0.5) is 5.95 Å². The van der Waals surface area contributed by atoms with Gasteiger partial charge in [-0.05, 0) is 49.2 Å². The summed E-state index contributed by atoms with van der Waals surface area (Å²) in [6.07, 6.45) is 0.804. The van der Waals surface area contributed by atoms with Crippen LogP contribution in [0.15, 0.2) is 66.7 Å². The lowest BCUT2D eigenvalue weighted by Crippen LogP contribution is -2.27. The zero-order valence-corrected chi connectivity index (χ0v) is 18.0. The van der Waals surface area contributed by atoms with Gasteiger partial charge in [-0.1, -0.05) is 59.6 Å². The number of aromatic nitrogens is 2. The second-order valence-electron chi connectivity index (χ2n) is 7.38. The lowest BCUT2D eigenvalue weighted by molar-refractivity contribution is 0.329. The van der Waals surface area contributed by atoms with E-state index in [2.05, 4.69) is 28.1 Å². The summed E-state index contributed by atoms with van der Waals surface area (Å²) in [7, 11) is 0. The molecular formula is C24H21Cl2N3O. The largest absolute Gasteiger partial charge is 0.494 e. The topological polar surface area (TPSA) is 39.1 Å². The third-order valence-corrected chi connectivity index (χ3v) is 6.15. The predicted molar refractivity (Wildman–Crippen MR) is 123 cm³/mol. The second kappa shape index (κ2) is 7.86. The molecule has 0 saturated heterocycles. The zero-order valence-electron chi connectivity index (χ0n) is 16.5. The molecule has 6 heteroatoms. The number of rotatable bonds is 4. The summed E-state index contributed by atoms with van der Waals surface area (Å²) in [6.45, 7) is 2.62. The van der Waals surface area contributed by atoms with Crippen molar-refractivity contribution in [1.82, 2.24) is 9.55 Å². The number of nitrogens with one attached hydrogen (secondary N) is 1. The van der Waals surface area contributed by atoms with E-state index in [0.717, 1.165) is 40.3 Å². The first-order valence-electron chi connectivity index (χ1n) is 10.1. The maximum atomic E-state index is 6.57. The molecular weight excluding hydrogens is 417 g/mol. The van der Waals surface area contributed by atoms with E-state index in [4.69, 9.17) is 32.9 Å². The summed E-state index contributed by atoms with van der Waals surface area (Å²) in [6, 6.07) is 22.2. The van der Waals surface area contributed by atoms with Crippen LogP contribution in [0.2, 0.25) is 10.0 Å². The first-order chi connectivity index (χ1) is 14.7. The van der Waals surface area contributed by atoms with Crippen molar-refractivity contribution in [3.63, 3.8) is 0 Å². The van der Waals surface area contributed by atoms with Gasteiger partial charge >= 0.3 is 0 Å². The van der Waals surface area contributed by atoms with Gasteiger partial charge in [-0.25, -0.2) is 4.98 Å². The van der Waals surface area contributed by atoms with Crippen molar-refractivity contribution >= 4 is 40.2 Å². The number of halogens is 2. The maximum absolute atomic E-state index is 6.57. The van der Waals surface area contributed by atoms with Gasteiger partial charge in [-0.3, -0.25) is 0 Å². The highest BCUT2D eigenvalue weighted by Crippen LogP contribution is 2.44. The summed E-state index contributed by atoms with van der Waals surface area (Å²) in [5.41, 5.74) is 4.21. The summed E-state index contributed by atoms with van der Waals surface area (Å²) in [5.74, 6) is 1.73. The van der Waals surface area contributed by atoms with Crippen LogP contribution in [0.1, 0.15) is 36.6 Å². The Kier molecular flexibility index (Phi) is 5.05. The quantitative estimate of drug-likeness (QED) is 0.377. The Morgan fingerprint density at radius 2 is 1.83 bits per heavy atom. The highest BCUT2D eigenvalue weighted by atomic mass is 35.5. The minimum atomic E-state index is -0.00115. The van der Waals surface area contributed by atoms with Crippen molar-refractivity contribution in [2.75, 3.05) is 11.9 Å². The molecule has 4 nitrogen and oxygen atoms in total. The predicted octanol–water partition coefficient (Wildman–Crippen LogP) is 6.89. The van der Waals surface area contributed by atoms with Crippen molar-refractivity contribution in [3.05, 3.63) is 87.9 Å². The van der Waals surface area contributed by atoms with E-state index in [1.807, 2.05) is 49.4 Å². The van der Waals surface area contributed by atoms with E-state index < -0.39 is 0 Å². The average Bonchev–Trinajstić information content (AvgIpc) is 3.12. The second-order valence-corrected chi connectivity index (χ2v) is 8.22. The molecule has 152 valence electrons. The molecule has 1 aliphatic heterocycles. The van der Waals surface area contributed by atoms with Crippen LogP contribution in [0.3, 0.4) is 0 Å². The van der Waals surface area contributed by atoms with Crippen molar-refractivity contribution in [2.45, 2.75) is 25.4 Å². The fourth-order valence-electron chi connectivity index (χ4n) is 4.30. The Morgan fingerprint density at radius 3 is 2.67 bits per heavy atom. The average molecular weight is 438 g/mol. The highest BCUT2D eigenvalue weighted by Gasteiger charge is 2.33. The first-order valence-corrected chi connectivity index (χ1v) is 10.8.